The largest absolute Gasteiger partial charge is 0.444 e. The molecule has 1 aromatic heterocycles. The zero-order valence-corrected chi connectivity index (χ0v) is 20.5. The van der Waals surface area contributed by atoms with Crippen molar-refractivity contribution in [2.75, 3.05) is 0 Å². The van der Waals surface area contributed by atoms with Gasteiger partial charge in [-0.25, -0.2) is 9.78 Å². The van der Waals surface area contributed by atoms with Gasteiger partial charge in [0.05, 0.1) is 12.2 Å². The number of ketones is 1. The summed E-state index contributed by atoms with van der Waals surface area (Å²) in [4.78, 5) is 30.3. The van der Waals surface area contributed by atoms with Gasteiger partial charge in [0.25, 0.3) is 0 Å². The average Bonchev–Trinajstić information content (AvgIpc) is 3.62. The standard InChI is InChI=1S/C27H33ClN2O3/c1-27(2,3)33-26(32)29-16-22-14-15-23(19-6-7-19)24(30-22)25(31)20-8-4-17(5-9-20)18-10-12-21(28)13-11-18/h10-15,17,19-20H,4-9,16H2,1-3H3,(H,29,32). The van der Waals surface area contributed by atoms with Gasteiger partial charge >= 0.3 is 6.09 Å². The third-order valence-corrected chi connectivity index (χ3v) is 6.74. The molecule has 4 rings (SSSR count). The predicted octanol–water partition coefficient (Wildman–Crippen LogP) is 6.79. The SMILES string of the molecule is CC(C)(C)OC(=O)NCc1ccc(C2CC2)c(C(=O)C2CCC(c3ccc(Cl)cc3)CC2)n1. The molecule has 2 aliphatic rings. The Balaban J connectivity index is 1.42. The van der Waals surface area contributed by atoms with Gasteiger partial charge in [-0.15, -0.1) is 0 Å². The number of hydrogen-bond acceptors (Lipinski definition) is 4. The summed E-state index contributed by atoms with van der Waals surface area (Å²) in [5.41, 5.74) is 3.11. The highest BCUT2D eigenvalue weighted by molar-refractivity contribution is 6.30. The van der Waals surface area contributed by atoms with Gasteiger partial charge < -0.3 is 10.1 Å². The fourth-order valence-corrected chi connectivity index (χ4v) is 4.75. The van der Waals surface area contributed by atoms with Gasteiger partial charge in [-0.1, -0.05) is 29.8 Å². The second-order valence-corrected chi connectivity index (χ2v) is 10.8. The third kappa shape index (κ3) is 6.35. The summed E-state index contributed by atoms with van der Waals surface area (Å²) in [6.07, 6.45) is 5.48. The first-order chi connectivity index (χ1) is 15.7. The number of ether oxygens (including phenoxy) is 1. The maximum Gasteiger partial charge on any atom is 0.407 e. The van der Waals surface area contributed by atoms with E-state index in [0.29, 0.717) is 23.2 Å². The van der Waals surface area contributed by atoms with Crippen molar-refractivity contribution in [3.05, 3.63) is 63.9 Å². The molecule has 6 heteroatoms. The average molecular weight is 469 g/mol. The minimum Gasteiger partial charge on any atom is -0.444 e. The monoisotopic (exact) mass is 468 g/mol. The van der Waals surface area contributed by atoms with Crippen LogP contribution in [0, 0.1) is 5.92 Å². The molecule has 0 unspecified atom stereocenters. The summed E-state index contributed by atoms with van der Waals surface area (Å²) in [7, 11) is 0. The lowest BCUT2D eigenvalue weighted by Gasteiger charge is -2.28. The third-order valence-electron chi connectivity index (χ3n) is 6.49. The maximum atomic E-state index is 13.5. The first-order valence-electron chi connectivity index (χ1n) is 12.0. The molecule has 2 fully saturated rings. The Hall–Kier alpha value is -2.40. The number of carbonyl (C=O) groups is 2. The van der Waals surface area contributed by atoms with E-state index in [1.54, 1.807) is 0 Å². The second-order valence-electron chi connectivity index (χ2n) is 10.3. The van der Waals surface area contributed by atoms with Crippen molar-refractivity contribution in [3.63, 3.8) is 0 Å². The molecule has 1 amide bonds. The lowest BCUT2D eigenvalue weighted by atomic mass is 9.76. The van der Waals surface area contributed by atoms with Crippen LogP contribution in [0.15, 0.2) is 36.4 Å². The molecule has 1 N–H and O–H groups in total. The summed E-state index contributed by atoms with van der Waals surface area (Å²) in [6.45, 7) is 5.72. The number of rotatable bonds is 6. The first kappa shape index (κ1) is 23.7. The number of alkyl carbamates (subject to hydrolysis) is 1. The van der Waals surface area contributed by atoms with Crippen LogP contribution in [0.25, 0.3) is 0 Å². The van der Waals surface area contributed by atoms with Gasteiger partial charge in [0.15, 0.2) is 5.78 Å². The number of aromatic nitrogens is 1. The molecular weight excluding hydrogens is 436 g/mol. The summed E-state index contributed by atoms with van der Waals surface area (Å²) < 4.78 is 5.31. The summed E-state index contributed by atoms with van der Waals surface area (Å²) >= 11 is 6.03. The molecule has 0 bridgehead atoms. The fraction of sp³-hybridized carbons (Fsp3) is 0.519. The maximum absolute atomic E-state index is 13.5. The van der Waals surface area contributed by atoms with Gasteiger partial charge in [0.1, 0.15) is 11.3 Å². The van der Waals surface area contributed by atoms with E-state index in [1.165, 1.54) is 5.56 Å². The van der Waals surface area contributed by atoms with Crippen molar-refractivity contribution in [3.8, 4) is 0 Å². The van der Waals surface area contributed by atoms with Crippen LogP contribution < -0.4 is 5.32 Å². The van der Waals surface area contributed by atoms with E-state index in [4.69, 9.17) is 21.3 Å². The van der Waals surface area contributed by atoms with Crippen LogP contribution in [0.4, 0.5) is 4.79 Å². The normalized spacial score (nSPS) is 20.8. The predicted molar refractivity (Wildman–Crippen MR) is 130 cm³/mol. The Bertz CT molecular complexity index is 1000. The van der Waals surface area contributed by atoms with Crippen LogP contribution in [-0.2, 0) is 11.3 Å². The van der Waals surface area contributed by atoms with Crippen molar-refractivity contribution in [1.29, 1.82) is 0 Å². The number of hydrogen-bond donors (Lipinski definition) is 1. The Morgan fingerprint density at radius 1 is 0.970 bits per heavy atom. The minimum absolute atomic E-state index is 0.00705. The van der Waals surface area contributed by atoms with Gasteiger partial charge in [0, 0.05) is 10.9 Å². The van der Waals surface area contributed by atoms with E-state index in [-0.39, 0.29) is 18.2 Å². The van der Waals surface area contributed by atoms with Crippen molar-refractivity contribution in [2.24, 2.45) is 5.92 Å². The van der Waals surface area contributed by atoms with Gasteiger partial charge in [-0.2, -0.15) is 0 Å². The molecule has 33 heavy (non-hydrogen) atoms. The number of pyridine rings is 1. The highest BCUT2D eigenvalue weighted by Crippen LogP contribution is 2.43. The number of benzene rings is 1. The van der Waals surface area contributed by atoms with Crippen molar-refractivity contribution in [2.45, 2.75) is 83.3 Å². The minimum atomic E-state index is -0.556. The molecule has 1 aromatic carbocycles. The number of nitrogens with one attached hydrogen (secondary N) is 1. The molecule has 2 saturated carbocycles. The van der Waals surface area contributed by atoms with E-state index >= 15 is 0 Å². The van der Waals surface area contributed by atoms with Crippen LogP contribution in [0.5, 0.6) is 0 Å². The highest BCUT2D eigenvalue weighted by Gasteiger charge is 2.34. The topological polar surface area (TPSA) is 68.3 Å². The highest BCUT2D eigenvalue weighted by atomic mass is 35.5. The number of halogens is 1. The summed E-state index contributed by atoms with van der Waals surface area (Å²) in [5.74, 6) is 1.08. The van der Waals surface area contributed by atoms with Gasteiger partial charge in [0.2, 0.25) is 0 Å². The van der Waals surface area contributed by atoms with E-state index in [2.05, 4.69) is 17.4 Å². The van der Waals surface area contributed by atoms with E-state index in [1.807, 2.05) is 45.0 Å². The molecule has 0 aliphatic heterocycles. The van der Waals surface area contributed by atoms with Crippen LogP contribution in [-0.4, -0.2) is 22.5 Å². The summed E-state index contributed by atoms with van der Waals surface area (Å²) in [5, 5.41) is 3.50. The second kappa shape index (κ2) is 9.84. The lowest BCUT2D eigenvalue weighted by molar-refractivity contribution is 0.0523. The molecule has 0 saturated heterocycles. The molecular formula is C27H33ClN2O3. The first-order valence-corrected chi connectivity index (χ1v) is 12.3. The lowest BCUT2D eigenvalue weighted by Crippen LogP contribution is -2.32. The zero-order chi connectivity index (χ0) is 23.6. The summed E-state index contributed by atoms with van der Waals surface area (Å²) in [6, 6.07) is 12.0. The van der Waals surface area contributed by atoms with Gasteiger partial charge in [-0.05, 0) is 100 Å². The number of nitrogens with zero attached hydrogens (tertiary/aromatic N) is 1. The Labute approximate surface area is 201 Å². The molecule has 0 radical (unpaired) electrons. The van der Waals surface area contributed by atoms with Crippen LogP contribution in [0.2, 0.25) is 5.02 Å². The Morgan fingerprint density at radius 2 is 1.61 bits per heavy atom. The van der Waals surface area contributed by atoms with E-state index in [0.717, 1.165) is 49.1 Å². The number of carbonyl (C=O) groups excluding carboxylic acids is 2. The molecule has 1 heterocycles. The van der Waals surface area contributed by atoms with Crippen molar-refractivity contribution < 1.29 is 14.3 Å². The Kier molecular flexibility index (Phi) is 7.08. The van der Waals surface area contributed by atoms with Crippen LogP contribution in [0.3, 0.4) is 0 Å². The molecule has 2 aliphatic carbocycles. The van der Waals surface area contributed by atoms with E-state index < -0.39 is 11.7 Å². The van der Waals surface area contributed by atoms with Crippen molar-refractivity contribution >= 4 is 23.5 Å². The van der Waals surface area contributed by atoms with Crippen LogP contribution >= 0.6 is 11.6 Å². The quantitative estimate of drug-likeness (QED) is 0.473. The number of Topliss-reactive ketones (excluding diaryl/α,β-unsaturated/α-hetero) is 1. The molecule has 2 aromatic rings. The molecule has 0 atom stereocenters. The van der Waals surface area contributed by atoms with Gasteiger partial charge in [-0.3, -0.25) is 4.79 Å². The molecule has 0 spiro atoms. The fourth-order valence-electron chi connectivity index (χ4n) is 4.62. The number of amides is 1. The molecule has 5 nitrogen and oxygen atoms in total. The molecule has 176 valence electrons. The van der Waals surface area contributed by atoms with Crippen molar-refractivity contribution in [1.82, 2.24) is 10.3 Å². The van der Waals surface area contributed by atoms with Crippen LogP contribution in [0.1, 0.15) is 98.4 Å². The Morgan fingerprint density at radius 3 is 2.21 bits per heavy atom. The van der Waals surface area contributed by atoms with E-state index in [9.17, 15) is 9.59 Å². The smallest absolute Gasteiger partial charge is 0.407 e. The zero-order valence-electron chi connectivity index (χ0n) is 19.7.